The SMILES string of the molecule is Cc1ccccc1.ClP(c1ccccc1)c1ccccc1. The fraction of sp³-hybridized carbons (Fsp3) is 0.0526. The highest BCUT2D eigenvalue weighted by Gasteiger charge is 2.08. The molecule has 0 bridgehead atoms. The minimum absolute atomic E-state index is 0.699. The summed E-state index contributed by atoms with van der Waals surface area (Å²) in [5.74, 6) is 0. The van der Waals surface area contributed by atoms with Crippen LogP contribution in [0.15, 0.2) is 91.0 Å². The van der Waals surface area contributed by atoms with Crippen molar-refractivity contribution < 1.29 is 0 Å². The van der Waals surface area contributed by atoms with Gasteiger partial charge < -0.3 is 0 Å². The Morgan fingerprint density at radius 2 is 0.905 bits per heavy atom. The number of aryl methyl sites for hydroxylation is 1. The Hall–Kier alpha value is -1.62. The minimum atomic E-state index is -0.699. The third kappa shape index (κ3) is 5.34. The zero-order valence-electron chi connectivity index (χ0n) is 12.0. The van der Waals surface area contributed by atoms with Crippen LogP contribution in [0.4, 0.5) is 0 Å². The summed E-state index contributed by atoms with van der Waals surface area (Å²) in [6.07, 6.45) is 0. The van der Waals surface area contributed by atoms with E-state index in [9.17, 15) is 0 Å². The molecule has 0 amide bonds. The minimum Gasteiger partial charge on any atom is -0.0859 e. The van der Waals surface area contributed by atoms with E-state index in [2.05, 4.69) is 43.3 Å². The molecule has 3 aromatic carbocycles. The average molecular weight is 313 g/mol. The lowest BCUT2D eigenvalue weighted by Crippen LogP contribution is -2.06. The smallest absolute Gasteiger partial charge is 0.0524 e. The van der Waals surface area contributed by atoms with Crippen molar-refractivity contribution in [2.24, 2.45) is 0 Å². The second-order valence-electron chi connectivity index (χ2n) is 4.61. The Labute approximate surface area is 133 Å². The van der Waals surface area contributed by atoms with Crippen LogP contribution < -0.4 is 10.6 Å². The van der Waals surface area contributed by atoms with E-state index in [0.29, 0.717) is 0 Å². The largest absolute Gasteiger partial charge is 0.0859 e. The molecule has 0 aliphatic carbocycles. The molecule has 0 nitrogen and oxygen atoms in total. The summed E-state index contributed by atoms with van der Waals surface area (Å²) in [5, 5.41) is 2.41. The van der Waals surface area contributed by atoms with Crippen molar-refractivity contribution in [2.75, 3.05) is 0 Å². The zero-order chi connectivity index (χ0) is 14.9. The van der Waals surface area contributed by atoms with E-state index in [1.807, 2.05) is 54.6 Å². The van der Waals surface area contributed by atoms with Crippen molar-refractivity contribution in [1.29, 1.82) is 0 Å². The molecule has 3 rings (SSSR count). The fourth-order valence-corrected chi connectivity index (χ4v) is 3.64. The Bertz CT molecular complexity index is 584. The van der Waals surface area contributed by atoms with E-state index in [4.69, 9.17) is 11.2 Å². The van der Waals surface area contributed by atoms with Crippen LogP contribution in [0.2, 0.25) is 0 Å². The zero-order valence-corrected chi connectivity index (χ0v) is 13.6. The molecule has 106 valence electrons. The van der Waals surface area contributed by atoms with Gasteiger partial charge in [0.15, 0.2) is 0 Å². The van der Waals surface area contributed by atoms with Crippen LogP contribution >= 0.6 is 18.5 Å². The summed E-state index contributed by atoms with van der Waals surface area (Å²) >= 11 is 6.40. The number of hydrogen-bond donors (Lipinski definition) is 0. The predicted octanol–water partition coefficient (Wildman–Crippen LogP) is 5.27. The van der Waals surface area contributed by atoms with Crippen LogP contribution in [-0.2, 0) is 0 Å². The van der Waals surface area contributed by atoms with Crippen molar-refractivity contribution >= 4 is 29.1 Å². The summed E-state index contributed by atoms with van der Waals surface area (Å²) < 4.78 is 0. The molecule has 2 heteroatoms. The highest BCUT2D eigenvalue weighted by Crippen LogP contribution is 2.38. The van der Waals surface area contributed by atoms with Gasteiger partial charge in [-0.25, -0.2) is 0 Å². The van der Waals surface area contributed by atoms with Crippen LogP contribution in [-0.4, -0.2) is 0 Å². The normalized spacial score (nSPS) is 9.86. The van der Waals surface area contributed by atoms with Crippen LogP contribution in [0.25, 0.3) is 0 Å². The Balaban J connectivity index is 0.000000194. The lowest BCUT2D eigenvalue weighted by molar-refractivity contribution is 1.48. The van der Waals surface area contributed by atoms with Crippen LogP contribution in [0.5, 0.6) is 0 Å². The number of hydrogen-bond acceptors (Lipinski definition) is 0. The topological polar surface area (TPSA) is 0 Å². The molecule has 21 heavy (non-hydrogen) atoms. The van der Waals surface area contributed by atoms with Gasteiger partial charge in [-0.05, 0) is 17.5 Å². The molecule has 0 saturated heterocycles. The van der Waals surface area contributed by atoms with E-state index < -0.39 is 7.27 Å². The third-order valence-corrected chi connectivity index (χ3v) is 5.58. The Morgan fingerprint density at radius 3 is 1.19 bits per heavy atom. The van der Waals surface area contributed by atoms with Crippen molar-refractivity contribution in [1.82, 2.24) is 0 Å². The Kier molecular flexibility index (Phi) is 6.47. The highest BCUT2D eigenvalue weighted by atomic mass is 35.7. The summed E-state index contributed by atoms with van der Waals surface area (Å²) in [4.78, 5) is 0. The fourth-order valence-electron chi connectivity index (χ4n) is 1.80. The highest BCUT2D eigenvalue weighted by molar-refractivity contribution is 7.95. The van der Waals surface area contributed by atoms with E-state index in [-0.39, 0.29) is 0 Å². The van der Waals surface area contributed by atoms with Gasteiger partial charge >= 0.3 is 0 Å². The van der Waals surface area contributed by atoms with Gasteiger partial charge in [-0.3, -0.25) is 0 Å². The molecular formula is C19H18ClP. The Morgan fingerprint density at radius 1 is 0.571 bits per heavy atom. The lowest BCUT2D eigenvalue weighted by Gasteiger charge is -2.09. The lowest BCUT2D eigenvalue weighted by atomic mass is 10.2. The van der Waals surface area contributed by atoms with Gasteiger partial charge in [0.2, 0.25) is 0 Å². The summed E-state index contributed by atoms with van der Waals surface area (Å²) in [6.45, 7) is 2.08. The molecule has 0 unspecified atom stereocenters. The van der Waals surface area contributed by atoms with Gasteiger partial charge in [-0.15, -0.1) is 0 Å². The van der Waals surface area contributed by atoms with Crippen LogP contribution in [0.1, 0.15) is 5.56 Å². The molecule has 3 aromatic rings. The molecule has 0 radical (unpaired) electrons. The van der Waals surface area contributed by atoms with E-state index in [1.165, 1.54) is 16.2 Å². The molecular weight excluding hydrogens is 295 g/mol. The van der Waals surface area contributed by atoms with Gasteiger partial charge in [0.25, 0.3) is 0 Å². The number of rotatable bonds is 2. The molecule has 0 aliphatic heterocycles. The van der Waals surface area contributed by atoms with E-state index >= 15 is 0 Å². The van der Waals surface area contributed by atoms with Crippen molar-refractivity contribution in [2.45, 2.75) is 6.92 Å². The molecule has 0 aromatic heterocycles. The van der Waals surface area contributed by atoms with E-state index in [0.717, 1.165) is 0 Å². The average Bonchev–Trinajstić information content (AvgIpc) is 2.57. The van der Waals surface area contributed by atoms with Gasteiger partial charge in [0, 0.05) is 0 Å². The number of benzene rings is 3. The second kappa shape index (κ2) is 8.62. The van der Waals surface area contributed by atoms with Gasteiger partial charge in [0.05, 0.1) is 7.27 Å². The molecule has 0 fully saturated rings. The first-order chi connectivity index (χ1) is 10.3. The molecule has 0 saturated carbocycles. The van der Waals surface area contributed by atoms with Crippen molar-refractivity contribution in [3.63, 3.8) is 0 Å². The van der Waals surface area contributed by atoms with Crippen molar-refractivity contribution in [3.8, 4) is 0 Å². The quantitative estimate of drug-likeness (QED) is 0.566. The molecule has 0 heterocycles. The maximum Gasteiger partial charge on any atom is 0.0524 e. The third-order valence-electron chi connectivity index (χ3n) is 2.91. The van der Waals surface area contributed by atoms with Gasteiger partial charge in [-0.2, -0.15) is 0 Å². The summed E-state index contributed by atoms with van der Waals surface area (Å²) in [6, 6.07) is 30.7. The molecule has 0 aliphatic rings. The van der Waals surface area contributed by atoms with Crippen molar-refractivity contribution in [3.05, 3.63) is 96.6 Å². The summed E-state index contributed by atoms with van der Waals surface area (Å²) in [7, 11) is -0.699. The molecule has 0 N–H and O–H groups in total. The van der Waals surface area contributed by atoms with Gasteiger partial charge in [0.1, 0.15) is 0 Å². The molecule has 0 spiro atoms. The maximum absolute atomic E-state index is 6.40. The van der Waals surface area contributed by atoms with E-state index in [1.54, 1.807) is 0 Å². The monoisotopic (exact) mass is 312 g/mol. The first-order valence-corrected chi connectivity index (χ1v) is 9.09. The van der Waals surface area contributed by atoms with Gasteiger partial charge in [-0.1, -0.05) is 108 Å². The first kappa shape index (κ1) is 15.8. The second-order valence-corrected chi connectivity index (χ2v) is 7.22. The van der Waals surface area contributed by atoms with Crippen LogP contribution in [0, 0.1) is 6.92 Å². The molecule has 0 atom stereocenters. The summed E-state index contributed by atoms with van der Waals surface area (Å²) in [5.41, 5.74) is 1.32. The van der Waals surface area contributed by atoms with Crippen LogP contribution in [0.3, 0.4) is 0 Å². The standard InChI is InChI=1S/C12H10ClP.C7H8/c13-14(11-7-3-1-4-8-11)12-9-5-2-6-10-12;1-7-5-3-2-4-6-7/h1-10H;2-6H,1H3. The maximum atomic E-state index is 6.40. The number of halogens is 1. The first-order valence-electron chi connectivity index (χ1n) is 6.85. The predicted molar refractivity (Wildman–Crippen MR) is 96.1 cm³/mol.